The van der Waals surface area contributed by atoms with E-state index >= 15 is 0 Å². The molecule has 0 aliphatic heterocycles. The standard InChI is InChI=1S/C30H34N3O3P/c1-24(2)35-37(34,36-25(3)4)22-14-21-29-31-23-32-33(29)30(26-15-8-5-9-16-26,27-17-10-6-11-18-27)28-19-12-7-13-20-28/h5-21,23-25H,22H2,1-4H3. The Morgan fingerprint density at radius 3 is 1.62 bits per heavy atom. The van der Waals surface area contributed by atoms with Crippen molar-refractivity contribution in [3.63, 3.8) is 0 Å². The summed E-state index contributed by atoms with van der Waals surface area (Å²) in [6.45, 7) is 7.41. The Hall–Kier alpha value is -3.31. The van der Waals surface area contributed by atoms with Crippen molar-refractivity contribution in [1.29, 1.82) is 0 Å². The first-order chi connectivity index (χ1) is 17.8. The van der Waals surface area contributed by atoms with Crippen LogP contribution in [0.15, 0.2) is 103 Å². The first kappa shape index (κ1) is 26.7. The van der Waals surface area contributed by atoms with Crippen LogP contribution in [0.1, 0.15) is 50.2 Å². The van der Waals surface area contributed by atoms with E-state index in [1.165, 1.54) is 0 Å². The molecule has 0 fully saturated rings. The molecule has 0 unspecified atom stereocenters. The van der Waals surface area contributed by atoms with Gasteiger partial charge in [0.25, 0.3) is 0 Å². The van der Waals surface area contributed by atoms with Crippen LogP contribution in [0.25, 0.3) is 6.08 Å². The molecule has 0 saturated heterocycles. The second-order valence-electron chi connectivity index (χ2n) is 9.34. The van der Waals surface area contributed by atoms with E-state index in [0.717, 1.165) is 16.7 Å². The Morgan fingerprint density at radius 2 is 1.22 bits per heavy atom. The van der Waals surface area contributed by atoms with Crippen LogP contribution in [0.3, 0.4) is 0 Å². The highest BCUT2D eigenvalue weighted by atomic mass is 31.2. The third kappa shape index (κ3) is 5.99. The van der Waals surface area contributed by atoms with Gasteiger partial charge >= 0.3 is 7.60 Å². The number of benzene rings is 3. The minimum Gasteiger partial charge on any atom is -0.306 e. The Kier molecular flexibility index (Phi) is 8.55. The van der Waals surface area contributed by atoms with E-state index < -0.39 is 13.1 Å². The third-order valence-electron chi connectivity index (χ3n) is 5.81. The molecule has 0 atom stereocenters. The van der Waals surface area contributed by atoms with Crippen molar-refractivity contribution in [2.45, 2.75) is 45.4 Å². The van der Waals surface area contributed by atoms with Crippen LogP contribution >= 0.6 is 7.60 Å². The van der Waals surface area contributed by atoms with Gasteiger partial charge in [-0.2, -0.15) is 5.10 Å². The van der Waals surface area contributed by atoms with E-state index in [0.29, 0.717) is 5.82 Å². The van der Waals surface area contributed by atoms with Gasteiger partial charge in [0, 0.05) is 0 Å². The second-order valence-corrected chi connectivity index (χ2v) is 11.4. The third-order valence-corrected chi connectivity index (χ3v) is 7.95. The summed E-state index contributed by atoms with van der Waals surface area (Å²) in [5.41, 5.74) is 2.35. The molecular weight excluding hydrogens is 481 g/mol. The summed E-state index contributed by atoms with van der Waals surface area (Å²) >= 11 is 0. The number of hydrogen-bond donors (Lipinski definition) is 0. The van der Waals surface area contributed by atoms with Crippen LogP contribution < -0.4 is 0 Å². The zero-order chi connectivity index (χ0) is 26.3. The molecule has 4 aromatic rings. The SMILES string of the molecule is CC(C)OP(=O)(CC=Cc1ncnn1C(c1ccccc1)(c1ccccc1)c1ccccc1)OC(C)C. The Balaban J connectivity index is 1.86. The molecule has 0 spiro atoms. The average molecular weight is 516 g/mol. The molecule has 0 aliphatic rings. The van der Waals surface area contributed by atoms with Gasteiger partial charge in [0.1, 0.15) is 11.9 Å². The topological polar surface area (TPSA) is 66.2 Å². The summed E-state index contributed by atoms with van der Waals surface area (Å²) < 4.78 is 26.7. The molecule has 0 saturated carbocycles. The summed E-state index contributed by atoms with van der Waals surface area (Å²) in [5.74, 6) is 0.622. The fourth-order valence-corrected chi connectivity index (χ4v) is 6.44. The minimum absolute atomic E-state index is 0.130. The molecular formula is C30H34N3O3P. The lowest BCUT2D eigenvalue weighted by Crippen LogP contribution is -2.39. The molecule has 0 aliphatic carbocycles. The smallest absolute Gasteiger partial charge is 0.306 e. The fraction of sp³-hybridized carbons (Fsp3) is 0.267. The number of allylic oxidation sites excluding steroid dienone is 1. The van der Waals surface area contributed by atoms with Gasteiger partial charge in [0.05, 0.1) is 18.4 Å². The molecule has 1 aromatic heterocycles. The summed E-state index contributed by atoms with van der Waals surface area (Å²) in [7, 11) is -3.32. The van der Waals surface area contributed by atoms with Gasteiger partial charge in [-0.25, -0.2) is 9.67 Å². The van der Waals surface area contributed by atoms with Crippen molar-refractivity contribution in [3.8, 4) is 0 Å². The molecule has 37 heavy (non-hydrogen) atoms. The summed E-state index contributed by atoms with van der Waals surface area (Å²) in [6.07, 6.45) is 4.89. The van der Waals surface area contributed by atoms with E-state index in [1.807, 2.05) is 93.1 Å². The Labute approximate surface area is 219 Å². The van der Waals surface area contributed by atoms with Crippen LogP contribution in [0.2, 0.25) is 0 Å². The molecule has 4 rings (SSSR count). The monoisotopic (exact) mass is 515 g/mol. The number of nitrogens with zero attached hydrogens (tertiary/aromatic N) is 3. The van der Waals surface area contributed by atoms with Crippen LogP contribution in [0.4, 0.5) is 0 Å². The average Bonchev–Trinajstić information content (AvgIpc) is 3.34. The molecule has 6 nitrogen and oxygen atoms in total. The summed E-state index contributed by atoms with van der Waals surface area (Å²) in [4.78, 5) is 4.59. The highest BCUT2D eigenvalue weighted by Gasteiger charge is 2.40. The van der Waals surface area contributed by atoms with E-state index in [-0.39, 0.29) is 18.4 Å². The van der Waals surface area contributed by atoms with Crippen molar-refractivity contribution in [2.75, 3.05) is 6.16 Å². The summed E-state index contributed by atoms with van der Waals surface area (Å²) in [6, 6.07) is 30.9. The highest BCUT2D eigenvalue weighted by Crippen LogP contribution is 2.50. The van der Waals surface area contributed by atoms with Gasteiger partial charge in [0.15, 0.2) is 5.82 Å². The molecule has 192 valence electrons. The highest BCUT2D eigenvalue weighted by molar-refractivity contribution is 7.54. The van der Waals surface area contributed by atoms with Crippen LogP contribution in [-0.4, -0.2) is 33.1 Å². The van der Waals surface area contributed by atoms with Crippen LogP contribution in [0, 0.1) is 0 Å². The lowest BCUT2D eigenvalue weighted by atomic mass is 9.77. The van der Waals surface area contributed by atoms with Gasteiger partial charge < -0.3 is 9.05 Å². The largest absolute Gasteiger partial charge is 0.334 e. The van der Waals surface area contributed by atoms with E-state index in [4.69, 9.17) is 14.1 Å². The van der Waals surface area contributed by atoms with Crippen LogP contribution in [0.5, 0.6) is 0 Å². The predicted molar refractivity (Wildman–Crippen MR) is 149 cm³/mol. The van der Waals surface area contributed by atoms with Crippen LogP contribution in [-0.2, 0) is 19.2 Å². The van der Waals surface area contributed by atoms with Crippen molar-refractivity contribution in [1.82, 2.24) is 14.8 Å². The predicted octanol–water partition coefficient (Wildman–Crippen LogP) is 7.17. The van der Waals surface area contributed by atoms with Crippen molar-refractivity contribution < 1.29 is 13.6 Å². The molecule has 0 radical (unpaired) electrons. The Morgan fingerprint density at radius 1 is 0.784 bits per heavy atom. The zero-order valence-electron chi connectivity index (χ0n) is 21.8. The van der Waals surface area contributed by atoms with Gasteiger partial charge in [-0.15, -0.1) is 0 Å². The first-order valence-corrected chi connectivity index (χ1v) is 14.3. The van der Waals surface area contributed by atoms with Crippen molar-refractivity contribution in [3.05, 3.63) is 126 Å². The summed E-state index contributed by atoms with van der Waals surface area (Å²) in [5, 5.41) is 4.75. The molecule has 0 bridgehead atoms. The molecule has 0 N–H and O–H groups in total. The normalized spacial score (nSPS) is 12.6. The quantitative estimate of drug-likeness (QED) is 0.156. The lowest BCUT2D eigenvalue weighted by Gasteiger charge is -2.36. The zero-order valence-corrected chi connectivity index (χ0v) is 22.7. The van der Waals surface area contributed by atoms with Gasteiger partial charge in [-0.1, -0.05) is 97.1 Å². The molecule has 7 heteroatoms. The lowest BCUT2D eigenvalue weighted by molar-refractivity contribution is 0.144. The maximum absolute atomic E-state index is 13.4. The van der Waals surface area contributed by atoms with Crippen molar-refractivity contribution in [2.24, 2.45) is 0 Å². The molecule has 3 aromatic carbocycles. The maximum atomic E-state index is 13.4. The Bertz CT molecular complexity index is 1230. The number of rotatable bonds is 11. The molecule has 1 heterocycles. The second kappa shape index (κ2) is 11.8. The van der Waals surface area contributed by atoms with Gasteiger partial charge in [-0.3, -0.25) is 4.57 Å². The minimum atomic E-state index is -3.32. The van der Waals surface area contributed by atoms with Crippen molar-refractivity contribution >= 4 is 13.7 Å². The number of hydrogen-bond acceptors (Lipinski definition) is 5. The maximum Gasteiger partial charge on any atom is 0.334 e. The van der Waals surface area contributed by atoms with E-state index in [2.05, 4.69) is 41.4 Å². The van der Waals surface area contributed by atoms with Gasteiger partial charge in [-0.05, 0) is 50.5 Å². The molecule has 0 amide bonds. The fourth-order valence-electron chi connectivity index (χ4n) is 4.57. The van der Waals surface area contributed by atoms with E-state index in [9.17, 15) is 4.57 Å². The van der Waals surface area contributed by atoms with Gasteiger partial charge in [0.2, 0.25) is 0 Å². The first-order valence-electron chi connectivity index (χ1n) is 12.5. The van der Waals surface area contributed by atoms with E-state index in [1.54, 1.807) is 12.4 Å². The number of aromatic nitrogens is 3.